The molecule has 0 fully saturated rings. The molecule has 0 unspecified atom stereocenters. The first-order valence-electron chi connectivity index (χ1n) is 8.81. The van der Waals surface area contributed by atoms with Gasteiger partial charge in [-0.3, -0.25) is 4.79 Å². The number of nitrogens with zero attached hydrogens (tertiary/aromatic N) is 4. The highest BCUT2D eigenvalue weighted by molar-refractivity contribution is 6.37. The highest BCUT2D eigenvalue weighted by Gasteiger charge is 2.36. The molecule has 2 aromatic heterocycles. The number of carbonyl (C=O) groups excluding carboxylic acids is 1. The van der Waals surface area contributed by atoms with Crippen LogP contribution in [0.15, 0.2) is 60.7 Å². The number of rotatable bonds is 3. The van der Waals surface area contributed by atoms with Gasteiger partial charge in [0.1, 0.15) is 5.02 Å². The standard InChI is InChI=1S/C21H11ClF3N5O/c22-17-18(20(31)27-14-8-6-12(11-26)7-9-14)29-30-16(21(23,24)25)10-15(28-19(17)30)13-4-2-1-3-5-13/h1-10H,(H,27,31). The van der Waals surface area contributed by atoms with Crippen LogP contribution in [0.2, 0.25) is 5.02 Å². The summed E-state index contributed by atoms with van der Waals surface area (Å²) >= 11 is 6.23. The fraction of sp³-hybridized carbons (Fsp3) is 0.0476. The van der Waals surface area contributed by atoms with Crippen LogP contribution < -0.4 is 5.32 Å². The van der Waals surface area contributed by atoms with Crippen molar-refractivity contribution in [3.8, 4) is 17.3 Å². The summed E-state index contributed by atoms with van der Waals surface area (Å²) in [4.78, 5) is 16.8. The average Bonchev–Trinajstić information content (AvgIpc) is 3.10. The highest BCUT2D eigenvalue weighted by Crippen LogP contribution is 2.34. The number of carbonyl (C=O) groups is 1. The predicted octanol–water partition coefficient (Wildman–Crippen LogP) is 5.19. The van der Waals surface area contributed by atoms with E-state index in [4.69, 9.17) is 16.9 Å². The number of fused-ring (bicyclic) bond motifs is 1. The Morgan fingerprint density at radius 3 is 2.39 bits per heavy atom. The molecule has 1 amide bonds. The molecule has 0 bridgehead atoms. The Bertz CT molecular complexity index is 1330. The Morgan fingerprint density at radius 2 is 1.77 bits per heavy atom. The summed E-state index contributed by atoms with van der Waals surface area (Å²) in [6.07, 6.45) is -4.76. The summed E-state index contributed by atoms with van der Waals surface area (Å²) < 4.78 is 41.7. The zero-order valence-electron chi connectivity index (χ0n) is 15.5. The second kappa shape index (κ2) is 7.74. The van der Waals surface area contributed by atoms with E-state index >= 15 is 0 Å². The molecule has 0 aliphatic rings. The van der Waals surface area contributed by atoms with E-state index in [0.717, 1.165) is 6.07 Å². The number of nitrogens with one attached hydrogen (secondary N) is 1. The number of alkyl halides is 3. The van der Waals surface area contributed by atoms with Crippen molar-refractivity contribution in [1.82, 2.24) is 14.6 Å². The van der Waals surface area contributed by atoms with Gasteiger partial charge in [-0.2, -0.15) is 23.5 Å². The minimum absolute atomic E-state index is 0.0428. The van der Waals surface area contributed by atoms with Crippen molar-refractivity contribution in [2.75, 3.05) is 5.32 Å². The molecule has 4 rings (SSSR count). The number of nitriles is 1. The Hall–Kier alpha value is -3.90. The van der Waals surface area contributed by atoms with Gasteiger partial charge in [-0.15, -0.1) is 0 Å². The molecular weight excluding hydrogens is 431 g/mol. The number of benzene rings is 2. The number of hydrogen-bond donors (Lipinski definition) is 1. The maximum atomic E-state index is 13.7. The molecule has 1 N–H and O–H groups in total. The molecule has 0 aliphatic carbocycles. The number of halogens is 4. The normalized spacial score (nSPS) is 11.3. The van der Waals surface area contributed by atoms with Crippen LogP contribution in [-0.4, -0.2) is 20.5 Å². The topological polar surface area (TPSA) is 83.1 Å². The lowest BCUT2D eigenvalue weighted by molar-refractivity contribution is -0.142. The molecular formula is C21H11ClF3N5O. The van der Waals surface area contributed by atoms with Gasteiger partial charge in [0.15, 0.2) is 17.0 Å². The van der Waals surface area contributed by atoms with Crippen molar-refractivity contribution in [3.05, 3.63) is 82.6 Å². The molecule has 6 nitrogen and oxygen atoms in total. The fourth-order valence-electron chi connectivity index (χ4n) is 2.91. The van der Waals surface area contributed by atoms with Gasteiger partial charge in [0.25, 0.3) is 5.91 Å². The van der Waals surface area contributed by atoms with Crippen LogP contribution in [0.1, 0.15) is 21.7 Å². The van der Waals surface area contributed by atoms with E-state index in [0.29, 0.717) is 21.3 Å². The summed E-state index contributed by atoms with van der Waals surface area (Å²) in [5.41, 5.74) is -0.606. The van der Waals surface area contributed by atoms with E-state index in [-0.39, 0.29) is 16.4 Å². The van der Waals surface area contributed by atoms with Gasteiger partial charge in [0.2, 0.25) is 0 Å². The average molecular weight is 442 g/mol. The van der Waals surface area contributed by atoms with E-state index in [2.05, 4.69) is 15.4 Å². The van der Waals surface area contributed by atoms with Crippen LogP contribution in [0.4, 0.5) is 18.9 Å². The van der Waals surface area contributed by atoms with Gasteiger partial charge in [-0.1, -0.05) is 41.9 Å². The summed E-state index contributed by atoms with van der Waals surface area (Å²) in [5.74, 6) is -0.811. The van der Waals surface area contributed by atoms with E-state index in [1.165, 1.54) is 24.3 Å². The summed E-state index contributed by atoms with van der Waals surface area (Å²) in [5, 5.41) is 14.8. The largest absolute Gasteiger partial charge is 0.433 e. The zero-order chi connectivity index (χ0) is 22.2. The van der Waals surface area contributed by atoms with Crippen LogP contribution in [0.25, 0.3) is 16.9 Å². The summed E-state index contributed by atoms with van der Waals surface area (Å²) in [7, 11) is 0. The monoisotopic (exact) mass is 441 g/mol. The Kier molecular flexibility index (Phi) is 5.09. The van der Waals surface area contributed by atoms with E-state index < -0.39 is 23.5 Å². The number of amides is 1. The third-order valence-corrected chi connectivity index (χ3v) is 4.73. The van der Waals surface area contributed by atoms with Crippen LogP contribution in [0.5, 0.6) is 0 Å². The lowest BCUT2D eigenvalue weighted by atomic mass is 10.1. The molecule has 2 heterocycles. The Balaban J connectivity index is 1.81. The van der Waals surface area contributed by atoms with E-state index in [1.807, 2.05) is 6.07 Å². The molecule has 0 aliphatic heterocycles. The van der Waals surface area contributed by atoms with Crippen LogP contribution >= 0.6 is 11.6 Å². The van der Waals surface area contributed by atoms with Crippen LogP contribution in [-0.2, 0) is 6.18 Å². The predicted molar refractivity (Wildman–Crippen MR) is 108 cm³/mol. The smallest absolute Gasteiger partial charge is 0.321 e. The molecule has 0 atom stereocenters. The first-order valence-corrected chi connectivity index (χ1v) is 9.19. The molecule has 2 aromatic carbocycles. The minimum Gasteiger partial charge on any atom is -0.321 e. The summed E-state index contributed by atoms with van der Waals surface area (Å²) in [6.45, 7) is 0. The molecule has 0 saturated heterocycles. The summed E-state index contributed by atoms with van der Waals surface area (Å²) in [6, 6.07) is 17.0. The third-order valence-electron chi connectivity index (χ3n) is 4.38. The van der Waals surface area contributed by atoms with Crippen molar-refractivity contribution in [2.45, 2.75) is 6.18 Å². The van der Waals surface area contributed by atoms with Gasteiger partial charge in [0, 0.05) is 11.3 Å². The van der Waals surface area contributed by atoms with Crippen LogP contribution in [0.3, 0.4) is 0 Å². The van der Waals surface area contributed by atoms with Crippen LogP contribution in [0, 0.1) is 11.3 Å². The number of hydrogen-bond acceptors (Lipinski definition) is 4. The molecule has 31 heavy (non-hydrogen) atoms. The van der Waals surface area contributed by atoms with Gasteiger partial charge in [0.05, 0.1) is 17.3 Å². The van der Waals surface area contributed by atoms with Crippen molar-refractivity contribution in [3.63, 3.8) is 0 Å². The Morgan fingerprint density at radius 1 is 1.10 bits per heavy atom. The van der Waals surface area contributed by atoms with Gasteiger partial charge < -0.3 is 5.32 Å². The SMILES string of the molecule is N#Cc1ccc(NC(=O)c2nn3c(C(F)(F)F)cc(-c4ccccc4)nc3c2Cl)cc1. The maximum absolute atomic E-state index is 13.7. The van der Waals surface area contributed by atoms with E-state index in [1.54, 1.807) is 30.3 Å². The molecule has 0 saturated carbocycles. The zero-order valence-corrected chi connectivity index (χ0v) is 16.2. The van der Waals surface area contributed by atoms with E-state index in [9.17, 15) is 18.0 Å². The fourth-order valence-corrected chi connectivity index (χ4v) is 3.16. The lowest BCUT2D eigenvalue weighted by Crippen LogP contribution is -2.15. The second-order valence-electron chi connectivity index (χ2n) is 6.43. The third kappa shape index (κ3) is 3.93. The minimum atomic E-state index is -4.76. The van der Waals surface area contributed by atoms with Crippen molar-refractivity contribution < 1.29 is 18.0 Å². The molecule has 0 spiro atoms. The van der Waals surface area contributed by atoms with Crippen molar-refractivity contribution in [2.24, 2.45) is 0 Å². The van der Waals surface area contributed by atoms with Gasteiger partial charge in [-0.05, 0) is 30.3 Å². The quantitative estimate of drug-likeness (QED) is 0.474. The number of aromatic nitrogens is 3. The first kappa shape index (κ1) is 20.4. The lowest BCUT2D eigenvalue weighted by Gasteiger charge is -2.11. The van der Waals surface area contributed by atoms with Gasteiger partial charge >= 0.3 is 6.18 Å². The van der Waals surface area contributed by atoms with Crippen molar-refractivity contribution >= 4 is 28.8 Å². The molecule has 154 valence electrons. The molecule has 0 radical (unpaired) electrons. The second-order valence-corrected chi connectivity index (χ2v) is 6.81. The maximum Gasteiger partial charge on any atom is 0.433 e. The first-order chi connectivity index (χ1) is 14.8. The van der Waals surface area contributed by atoms with Gasteiger partial charge in [-0.25, -0.2) is 9.50 Å². The number of anilines is 1. The molecule has 4 aromatic rings. The highest BCUT2D eigenvalue weighted by atomic mass is 35.5. The Labute approximate surface area is 178 Å². The van der Waals surface area contributed by atoms with Crippen molar-refractivity contribution in [1.29, 1.82) is 5.26 Å². The molecule has 10 heteroatoms.